The summed E-state index contributed by atoms with van der Waals surface area (Å²) in [6.45, 7) is 11.5. The third-order valence-electron chi connectivity index (χ3n) is 7.67. The molecule has 1 N–H and O–H groups in total. The van der Waals surface area contributed by atoms with Gasteiger partial charge in [-0.2, -0.15) is 0 Å². The van der Waals surface area contributed by atoms with Crippen LogP contribution in [0.25, 0.3) is 0 Å². The van der Waals surface area contributed by atoms with Crippen LogP contribution in [0.15, 0.2) is 25.5 Å². The van der Waals surface area contributed by atoms with Gasteiger partial charge in [-0.15, -0.1) is 6.58 Å². The highest BCUT2D eigenvalue weighted by atomic mass is 16.5. The number of carbonyl (C=O) groups is 2. The van der Waals surface area contributed by atoms with Crippen LogP contribution in [0.4, 0.5) is 0 Å². The van der Waals surface area contributed by atoms with Crippen molar-refractivity contribution in [3.63, 3.8) is 0 Å². The lowest BCUT2D eigenvalue weighted by atomic mass is 10.00. The first kappa shape index (κ1) is 40.6. The number of hydrogen-bond acceptors (Lipinski definition) is 3. The number of carboxylic acids is 1. The van der Waals surface area contributed by atoms with E-state index in [-0.39, 0.29) is 11.9 Å². The lowest BCUT2D eigenvalue weighted by Gasteiger charge is -2.06. The Morgan fingerprint density at radius 1 is 0.575 bits per heavy atom. The second-order valence-electron chi connectivity index (χ2n) is 11.5. The van der Waals surface area contributed by atoms with Crippen LogP contribution in [0.2, 0.25) is 0 Å². The topological polar surface area (TPSA) is 63.6 Å². The van der Waals surface area contributed by atoms with Crippen molar-refractivity contribution in [3.8, 4) is 0 Å². The minimum Gasteiger partial charge on any atom is -0.481 e. The normalized spacial score (nSPS) is 11.3. The average Bonchev–Trinajstić information content (AvgIpc) is 2.94. The van der Waals surface area contributed by atoms with Crippen LogP contribution in [0.3, 0.4) is 0 Å². The molecule has 0 rings (SSSR count). The molecule has 0 bridgehead atoms. The van der Waals surface area contributed by atoms with E-state index in [4.69, 9.17) is 5.11 Å². The molecule has 0 saturated heterocycles. The van der Waals surface area contributed by atoms with Crippen molar-refractivity contribution >= 4 is 11.9 Å². The number of hydrogen-bond donors (Lipinski definition) is 1. The average molecular weight is 565 g/mol. The Morgan fingerprint density at radius 3 is 1.20 bits per heavy atom. The highest BCUT2D eigenvalue weighted by Crippen LogP contribution is 2.16. The fraction of sp³-hybridized carbons (Fsp3) is 0.833. The van der Waals surface area contributed by atoms with E-state index in [9.17, 15) is 9.59 Å². The molecule has 0 amide bonds. The van der Waals surface area contributed by atoms with Gasteiger partial charge in [0.25, 0.3) is 0 Å². The number of ether oxygens (including phenoxy) is 1. The fourth-order valence-corrected chi connectivity index (χ4v) is 4.99. The lowest BCUT2D eigenvalue weighted by Crippen LogP contribution is -2.10. The second kappa shape index (κ2) is 35.4. The molecular weight excluding hydrogens is 496 g/mol. The molecule has 0 radical (unpaired) electrons. The summed E-state index contributed by atoms with van der Waals surface area (Å²) < 4.78 is 4.67. The van der Waals surface area contributed by atoms with Crippen molar-refractivity contribution in [3.05, 3.63) is 25.5 Å². The van der Waals surface area contributed by atoms with Gasteiger partial charge in [-0.3, -0.25) is 9.59 Å². The van der Waals surface area contributed by atoms with Crippen LogP contribution in [-0.4, -0.2) is 17.0 Å². The van der Waals surface area contributed by atoms with Gasteiger partial charge in [0.1, 0.15) is 0 Å². The Hall–Kier alpha value is -1.58. The monoisotopic (exact) mass is 565 g/mol. The Kier molecular flexibility index (Phi) is 35.9. The van der Waals surface area contributed by atoms with Crippen LogP contribution in [0.1, 0.15) is 187 Å². The van der Waals surface area contributed by atoms with Crippen LogP contribution in [0.5, 0.6) is 0 Å². The van der Waals surface area contributed by atoms with Crippen molar-refractivity contribution in [1.29, 1.82) is 0 Å². The highest BCUT2D eigenvalue weighted by Gasteiger charge is 2.11. The van der Waals surface area contributed by atoms with E-state index in [0.717, 1.165) is 32.1 Å². The SMILES string of the molecule is C=CC(CCCCCCCCCCCCCC)C(=O)O.C=COC(=O)CCCCCCCCCCCCCCC. The Labute approximate surface area is 249 Å². The number of rotatable bonds is 30. The number of unbranched alkanes of at least 4 members (excludes halogenated alkanes) is 23. The zero-order valence-corrected chi connectivity index (χ0v) is 26.9. The van der Waals surface area contributed by atoms with Crippen molar-refractivity contribution in [2.75, 3.05) is 0 Å². The van der Waals surface area contributed by atoms with E-state index in [2.05, 4.69) is 31.7 Å². The third kappa shape index (κ3) is 34.4. The first-order chi connectivity index (χ1) is 19.5. The summed E-state index contributed by atoms with van der Waals surface area (Å²) in [4.78, 5) is 21.8. The number of carbonyl (C=O) groups excluding carboxylic acids is 1. The summed E-state index contributed by atoms with van der Waals surface area (Å²) in [5, 5.41) is 8.88. The molecule has 0 spiro atoms. The van der Waals surface area contributed by atoms with Crippen LogP contribution >= 0.6 is 0 Å². The van der Waals surface area contributed by atoms with Gasteiger partial charge in [-0.25, -0.2) is 0 Å². The summed E-state index contributed by atoms with van der Waals surface area (Å²) >= 11 is 0. The molecule has 0 heterocycles. The number of aliphatic carboxylic acids is 1. The van der Waals surface area contributed by atoms with E-state index in [0.29, 0.717) is 6.42 Å². The van der Waals surface area contributed by atoms with E-state index in [1.807, 2.05) is 0 Å². The van der Waals surface area contributed by atoms with Crippen molar-refractivity contribution in [1.82, 2.24) is 0 Å². The molecule has 0 aromatic heterocycles. The molecule has 1 unspecified atom stereocenters. The minimum absolute atomic E-state index is 0.150. The minimum atomic E-state index is -0.733. The zero-order valence-electron chi connectivity index (χ0n) is 26.9. The fourth-order valence-electron chi connectivity index (χ4n) is 4.99. The predicted octanol–water partition coefficient (Wildman–Crippen LogP) is 12.1. The smallest absolute Gasteiger partial charge is 0.310 e. The summed E-state index contributed by atoms with van der Waals surface area (Å²) in [5.74, 6) is -1.23. The molecule has 40 heavy (non-hydrogen) atoms. The van der Waals surface area contributed by atoms with Crippen molar-refractivity contribution < 1.29 is 19.4 Å². The van der Waals surface area contributed by atoms with Gasteiger partial charge < -0.3 is 9.84 Å². The van der Waals surface area contributed by atoms with Crippen molar-refractivity contribution in [2.45, 2.75) is 187 Å². The molecule has 1 atom stereocenters. The number of esters is 1. The second-order valence-corrected chi connectivity index (χ2v) is 11.5. The van der Waals surface area contributed by atoms with E-state index in [1.165, 1.54) is 141 Å². The molecule has 0 aliphatic rings. The molecule has 0 aromatic rings. The maximum atomic E-state index is 11.1. The quantitative estimate of drug-likeness (QED) is 0.0408. The summed E-state index contributed by atoms with van der Waals surface area (Å²) in [6.07, 6.45) is 37.0. The molecule has 0 fully saturated rings. The largest absolute Gasteiger partial charge is 0.481 e. The molecule has 0 aliphatic heterocycles. The first-order valence-corrected chi connectivity index (χ1v) is 17.2. The summed E-state index contributed by atoms with van der Waals surface area (Å²) in [6, 6.07) is 0. The van der Waals surface area contributed by atoms with Gasteiger partial charge in [0.05, 0.1) is 12.2 Å². The van der Waals surface area contributed by atoms with E-state index >= 15 is 0 Å². The Bertz CT molecular complexity index is 555. The van der Waals surface area contributed by atoms with Crippen molar-refractivity contribution in [2.24, 2.45) is 5.92 Å². The third-order valence-corrected chi connectivity index (χ3v) is 7.67. The van der Waals surface area contributed by atoms with Crippen LogP contribution in [-0.2, 0) is 14.3 Å². The maximum absolute atomic E-state index is 11.1. The van der Waals surface area contributed by atoms with Gasteiger partial charge >= 0.3 is 11.9 Å². The lowest BCUT2D eigenvalue weighted by molar-refractivity contribution is -0.140. The molecular formula is C36H68O4. The van der Waals surface area contributed by atoms with E-state index < -0.39 is 5.97 Å². The highest BCUT2D eigenvalue weighted by molar-refractivity contribution is 5.71. The number of carboxylic acid groups (broad SMARTS) is 1. The molecule has 0 aromatic carbocycles. The standard InChI is InChI=1S/2C18H34O2/c1-3-5-6-7-8-9-10-11-12-13-14-15-16-17-18(19)20-4-2;1-3-5-6-7-8-9-10-11-12-13-14-15-16-17(4-2)18(19)20/h4H,2-3,5-17H2,1H3;4,17H,2-3,5-16H2,1H3,(H,19,20). The van der Waals surface area contributed by atoms with Gasteiger partial charge in [0.15, 0.2) is 0 Å². The molecule has 0 saturated carbocycles. The van der Waals surface area contributed by atoms with Crippen LogP contribution < -0.4 is 0 Å². The summed E-state index contributed by atoms with van der Waals surface area (Å²) in [7, 11) is 0. The first-order valence-electron chi connectivity index (χ1n) is 17.2. The molecule has 236 valence electrons. The summed E-state index contributed by atoms with van der Waals surface area (Å²) in [5.41, 5.74) is 0. The van der Waals surface area contributed by atoms with Gasteiger partial charge in [0, 0.05) is 6.42 Å². The Morgan fingerprint density at radius 2 is 0.900 bits per heavy atom. The maximum Gasteiger partial charge on any atom is 0.310 e. The van der Waals surface area contributed by atoms with Gasteiger partial charge in [0.2, 0.25) is 0 Å². The van der Waals surface area contributed by atoms with Crippen LogP contribution in [0, 0.1) is 5.92 Å². The predicted molar refractivity (Wildman–Crippen MR) is 174 cm³/mol. The van der Waals surface area contributed by atoms with E-state index in [1.54, 1.807) is 6.08 Å². The van der Waals surface area contributed by atoms with Gasteiger partial charge in [-0.1, -0.05) is 181 Å². The van der Waals surface area contributed by atoms with Gasteiger partial charge in [-0.05, 0) is 12.8 Å². The zero-order chi connectivity index (χ0) is 29.9. The molecule has 0 aliphatic carbocycles. The Balaban J connectivity index is 0. The molecule has 4 heteroatoms. The molecule has 4 nitrogen and oxygen atoms in total.